The summed E-state index contributed by atoms with van der Waals surface area (Å²) in [5.74, 6) is 0.468. The van der Waals surface area contributed by atoms with Gasteiger partial charge in [0.05, 0.1) is 13.2 Å². The Morgan fingerprint density at radius 1 is 1.26 bits per heavy atom. The van der Waals surface area contributed by atoms with Gasteiger partial charge in [0.25, 0.3) is 0 Å². The van der Waals surface area contributed by atoms with Crippen LogP contribution in [0.25, 0.3) is 10.8 Å². The third-order valence-corrected chi connectivity index (χ3v) is 4.24. The number of ether oxygens (including phenoxy) is 2. The fourth-order valence-corrected chi connectivity index (χ4v) is 3.22. The Morgan fingerprint density at radius 3 is 2.70 bits per heavy atom. The van der Waals surface area contributed by atoms with E-state index in [1.807, 2.05) is 25.1 Å². The molecule has 1 aliphatic rings. The Hall–Kier alpha value is -2.11. The smallest absolute Gasteiger partial charge is 0.247 e. The Morgan fingerprint density at radius 2 is 2.00 bits per heavy atom. The van der Waals surface area contributed by atoms with Crippen molar-refractivity contribution in [3.63, 3.8) is 0 Å². The van der Waals surface area contributed by atoms with E-state index in [0.717, 1.165) is 24.2 Å². The van der Waals surface area contributed by atoms with E-state index in [4.69, 9.17) is 15.2 Å². The molecule has 2 aromatic carbocycles. The van der Waals surface area contributed by atoms with Crippen molar-refractivity contribution in [2.24, 2.45) is 5.73 Å². The van der Waals surface area contributed by atoms with Crippen molar-refractivity contribution < 1.29 is 14.3 Å². The second-order valence-corrected chi connectivity index (χ2v) is 6.00. The number of hydrogen-bond donors (Lipinski definition) is 1. The van der Waals surface area contributed by atoms with Gasteiger partial charge in [-0.1, -0.05) is 30.3 Å². The number of hydrogen-bond acceptors (Lipinski definition) is 4. The van der Waals surface area contributed by atoms with Crippen molar-refractivity contribution in [2.45, 2.75) is 25.7 Å². The number of nitrogens with zero attached hydrogens (tertiary/aromatic N) is 1. The van der Waals surface area contributed by atoms with Crippen LogP contribution in [0.15, 0.2) is 36.4 Å². The van der Waals surface area contributed by atoms with Gasteiger partial charge in [-0.3, -0.25) is 9.69 Å². The first kappa shape index (κ1) is 15.8. The van der Waals surface area contributed by atoms with Gasteiger partial charge in [0, 0.05) is 25.0 Å². The number of amides is 1. The molecule has 2 aromatic rings. The zero-order valence-corrected chi connectivity index (χ0v) is 13.5. The number of carbonyl (C=O) groups excluding carboxylic acids is 1. The number of morpholine rings is 1. The average Bonchev–Trinajstić information content (AvgIpc) is 2.54. The van der Waals surface area contributed by atoms with Crippen LogP contribution in [0.2, 0.25) is 0 Å². The van der Waals surface area contributed by atoms with E-state index in [9.17, 15) is 4.79 Å². The summed E-state index contributed by atoms with van der Waals surface area (Å²) in [6.07, 6.45) is -0.547. The van der Waals surface area contributed by atoms with Gasteiger partial charge in [0.15, 0.2) is 0 Å². The van der Waals surface area contributed by atoms with Crippen LogP contribution < -0.4 is 10.5 Å². The number of methoxy groups -OCH3 is 1. The minimum atomic E-state index is -0.539. The van der Waals surface area contributed by atoms with E-state index in [2.05, 4.69) is 23.1 Å². The summed E-state index contributed by atoms with van der Waals surface area (Å²) in [5.41, 5.74) is 6.61. The van der Waals surface area contributed by atoms with E-state index >= 15 is 0 Å². The molecular formula is C18H22N2O3. The van der Waals surface area contributed by atoms with E-state index < -0.39 is 12.0 Å². The standard InChI is InChI=1S/C18H22N2O3/c1-12-9-20(11-17(23-12)18(19)21)10-13-7-8-16(22-2)15-6-4-3-5-14(13)15/h3-8,12,17H,9-11H2,1-2H3,(H2,19,21)/t12-,17+/m1/s1. The van der Waals surface area contributed by atoms with E-state index in [1.165, 1.54) is 10.9 Å². The Labute approximate surface area is 136 Å². The predicted molar refractivity (Wildman–Crippen MR) is 89.3 cm³/mol. The maximum Gasteiger partial charge on any atom is 0.247 e. The molecular weight excluding hydrogens is 292 g/mol. The number of rotatable bonds is 4. The largest absolute Gasteiger partial charge is 0.496 e. The number of benzene rings is 2. The number of fused-ring (bicyclic) bond motifs is 1. The number of carbonyl (C=O) groups is 1. The molecule has 1 aliphatic heterocycles. The summed E-state index contributed by atoms with van der Waals surface area (Å²) in [6.45, 7) is 4.03. The summed E-state index contributed by atoms with van der Waals surface area (Å²) < 4.78 is 11.0. The lowest BCUT2D eigenvalue weighted by atomic mass is 10.0. The highest BCUT2D eigenvalue weighted by molar-refractivity contribution is 5.91. The molecule has 5 heteroatoms. The summed E-state index contributed by atoms with van der Waals surface area (Å²) in [4.78, 5) is 13.7. The van der Waals surface area contributed by atoms with Crippen molar-refractivity contribution >= 4 is 16.7 Å². The summed E-state index contributed by atoms with van der Waals surface area (Å²) in [7, 11) is 1.68. The van der Waals surface area contributed by atoms with Gasteiger partial charge in [-0.05, 0) is 23.9 Å². The first-order chi connectivity index (χ1) is 11.1. The van der Waals surface area contributed by atoms with E-state index in [1.54, 1.807) is 7.11 Å². The molecule has 5 nitrogen and oxygen atoms in total. The average molecular weight is 314 g/mol. The van der Waals surface area contributed by atoms with Crippen molar-refractivity contribution in [1.29, 1.82) is 0 Å². The fourth-order valence-electron chi connectivity index (χ4n) is 3.22. The monoisotopic (exact) mass is 314 g/mol. The Bertz CT molecular complexity index is 716. The highest BCUT2D eigenvalue weighted by Gasteiger charge is 2.29. The maximum absolute atomic E-state index is 11.4. The molecule has 2 atom stereocenters. The molecule has 1 saturated heterocycles. The Balaban J connectivity index is 1.88. The molecule has 1 fully saturated rings. The highest BCUT2D eigenvalue weighted by atomic mass is 16.5. The van der Waals surface area contributed by atoms with Crippen LogP contribution in [0.4, 0.5) is 0 Å². The maximum atomic E-state index is 11.4. The van der Waals surface area contributed by atoms with Gasteiger partial charge in [-0.15, -0.1) is 0 Å². The molecule has 1 heterocycles. The molecule has 0 spiro atoms. The second-order valence-electron chi connectivity index (χ2n) is 6.00. The summed E-state index contributed by atoms with van der Waals surface area (Å²) in [6, 6.07) is 12.3. The van der Waals surface area contributed by atoms with Crippen LogP contribution in [-0.4, -0.2) is 43.2 Å². The Kier molecular flexibility index (Phi) is 4.50. The molecule has 0 saturated carbocycles. The van der Waals surface area contributed by atoms with Gasteiger partial charge in [0.2, 0.25) is 5.91 Å². The molecule has 1 amide bonds. The molecule has 3 rings (SSSR count). The predicted octanol–water partition coefficient (Wildman–Crippen LogP) is 1.92. The van der Waals surface area contributed by atoms with Crippen molar-refractivity contribution in [2.75, 3.05) is 20.2 Å². The first-order valence-electron chi connectivity index (χ1n) is 7.80. The van der Waals surface area contributed by atoms with E-state index in [0.29, 0.717) is 6.54 Å². The molecule has 122 valence electrons. The normalized spacial score (nSPS) is 22.2. The number of nitrogens with two attached hydrogens (primary N) is 1. The zero-order valence-electron chi connectivity index (χ0n) is 13.5. The lowest BCUT2D eigenvalue weighted by Crippen LogP contribution is -2.51. The summed E-state index contributed by atoms with van der Waals surface area (Å²) >= 11 is 0. The van der Waals surface area contributed by atoms with Crippen LogP contribution in [0, 0.1) is 0 Å². The van der Waals surface area contributed by atoms with Crippen LogP contribution in [0.1, 0.15) is 12.5 Å². The summed E-state index contributed by atoms with van der Waals surface area (Å²) in [5, 5.41) is 2.27. The van der Waals surface area contributed by atoms with Crippen LogP contribution in [-0.2, 0) is 16.1 Å². The van der Waals surface area contributed by atoms with E-state index in [-0.39, 0.29) is 6.10 Å². The molecule has 0 aromatic heterocycles. The van der Waals surface area contributed by atoms with Crippen molar-refractivity contribution in [3.05, 3.63) is 42.0 Å². The van der Waals surface area contributed by atoms with Gasteiger partial charge < -0.3 is 15.2 Å². The van der Waals surface area contributed by atoms with Gasteiger partial charge in [-0.2, -0.15) is 0 Å². The lowest BCUT2D eigenvalue weighted by molar-refractivity contribution is -0.142. The quantitative estimate of drug-likeness (QED) is 0.936. The fraction of sp³-hybridized carbons (Fsp3) is 0.389. The SMILES string of the molecule is COc1ccc(CN2C[C@@H](C)O[C@H](C(N)=O)C2)c2ccccc12. The van der Waals surface area contributed by atoms with Crippen molar-refractivity contribution in [1.82, 2.24) is 4.90 Å². The molecule has 2 N–H and O–H groups in total. The second kappa shape index (κ2) is 6.56. The topological polar surface area (TPSA) is 64.8 Å². The molecule has 0 aliphatic carbocycles. The van der Waals surface area contributed by atoms with Crippen molar-refractivity contribution in [3.8, 4) is 5.75 Å². The van der Waals surface area contributed by atoms with Crippen LogP contribution >= 0.6 is 0 Å². The molecule has 0 bridgehead atoms. The highest BCUT2D eigenvalue weighted by Crippen LogP contribution is 2.29. The van der Waals surface area contributed by atoms with Gasteiger partial charge >= 0.3 is 0 Å². The minimum absolute atomic E-state index is 0.00855. The first-order valence-corrected chi connectivity index (χ1v) is 7.80. The van der Waals surface area contributed by atoms with Gasteiger partial charge in [-0.25, -0.2) is 0 Å². The number of primary amides is 1. The third kappa shape index (κ3) is 3.30. The molecule has 23 heavy (non-hydrogen) atoms. The van der Waals surface area contributed by atoms with Gasteiger partial charge in [0.1, 0.15) is 11.9 Å². The molecule has 0 radical (unpaired) electrons. The van der Waals surface area contributed by atoms with Crippen LogP contribution in [0.3, 0.4) is 0 Å². The minimum Gasteiger partial charge on any atom is -0.496 e. The third-order valence-electron chi connectivity index (χ3n) is 4.24. The zero-order chi connectivity index (χ0) is 16.4. The molecule has 0 unspecified atom stereocenters. The lowest BCUT2D eigenvalue weighted by Gasteiger charge is -2.35. The van der Waals surface area contributed by atoms with Crippen LogP contribution in [0.5, 0.6) is 5.75 Å².